The topological polar surface area (TPSA) is 21.3 Å². The maximum absolute atomic E-state index is 5.41. The van der Waals surface area contributed by atoms with Crippen LogP contribution in [0, 0.1) is 0 Å². The van der Waals surface area contributed by atoms with Crippen LogP contribution in [-0.4, -0.2) is 26.0 Å². The van der Waals surface area contributed by atoms with Crippen molar-refractivity contribution in [1.29, 1.82) is 0 Å². The molecule has 0 spiro atoms. The fraction of sp³-hybridized carbons (Fsp3) is 0.538. The normalized spacial score (nSPS) is 18.5. The van der Waals surface area contributed by atoms with Gasteiger partial charge >= 0.3 is 0 Å². The molecule has 1 heterocycles. The van der Waals surface area contributed by atoms with Crippen LogP contribution in [0.15, 0.2) is 23.1 Å². The quantitative estimate of drug-likeness (QED) is 0.796. The summed E-state index contributed by atoms with van der Waals surface area (Å²) >= 11 is 2.01. The number of methoxy groups -OCH3 is 1. The lowest BCUT2D eigenvalue weighted by atomic mass is 10.1. The first-order valence-electron chi connectivity index (χ1n) is 5.82. The molecule has 0 amide bonds. The Morgan fingerprint density at radius 3 is 3.12 bits per heavy atom. The molecular formula is C13H19NOS. The smallest absolute Gasteiger partial charge is 0.123 e. The molecule has 1 atom stereocenters. The highest BCUT2D eigenvalue weighted by Crippen LogP contribution is 2.42. The fourth-order valence-electron chi connectivity index (χ4n) is 2.16. The maximum Gasteiger partial charge on any atom is 0.123 e. The van der Waals surface area contributed by atoms with E-state index in [1.807, 2.05) is 18.8 Å². The third-order valence-corrected chi connectivity index (χ3v) is 4.36. The molecule has 1 aromatic rings. The molecule has 0 saturated heterocycles. The Kier molecular flexibility index (Phi) is 4.13. The van der Waals surface area contributed by atoms with Gasteiger partial charge in [-0.2, -0.15) is 0 Å². The minimum atomic E-state index is 0.736. The molecule has 3 heteroatoms. The molecule has 88 valence electrons. The van der Waals surface area contributed by atoms with Crippen LogP contribution in [0.1, 0.15) is 18.4 Å². The van der Waals surface area contributed by atoms with Gasteiger partial charge < -0.3 is 10.1 Å². The van der Waals surface area contributed by atoms with E-state index in [0.717, 1.165) is 24.0 Å². The Balaban J connectivity index is 1.98. The number of rotatable bonds is 5. The Hall–Kier alpha value is -0.670. The van der Waals surface area contributed by atoms with Crippen LogP contribution in [0.4, 0.5) is 0 Å². The van der Waals surface area contributed by atoms with Crippen molar-refractivity contribution in [1.82, 2.24) is 5.32 Å². The summed E-state index contributed by atoms with van der Waals surface area (Å²) in [6, 6.07) is 6.36. The van der Waals surface area contributed by atoms with Gasteiger partial charge in [-0.1, -0.05) is 6.07 Å². The first kappa shape index (κ1) is 11.8. The van der Waals surface area contributed by atoms with Crippen molar-refractivity contribution in [2.75, 3.05) is 20.7 Å². The lowest BCUT2D eigenvalue weighted by Gasteiger charge is -2.07. The molecule has 1 aliphatic heterocycles. The van der Waals surface area contributed by atoms with Gasteiger partial charge in [0.2, 0.25) is 0 Å². The predicted molar refractivity (Wildman–Crippen MR) is 69.5 cm³/mol. The summed E-state index contributed by atoms with van der Waals surface area (Å²) in [6.45, 7) is 1.12. The van der Waals surface area contributed by atoms with E-state index in [2.05, 4.69) is 23.5 Å². The van der Waals surface area contributed by atoms with E-state index in [-0.39, 0.29) is 0 Å². The standard InChI is InChI=1S/C13H19NOS/c1-14-8-4-5-10-9-11-12(15-2)6-3-7-13(11)16-10/h3,6-7,10,14H,4-5,8-9H2,1-2H3. The molecule has 0 aliphatic carbocycles. The molecule has 1 aromatic carbocycles. The van der Waals surface area contributed by atoms with Gasteiger partial charge in [-0.25, -0.2) is 0 Å². The third kappa shape index (κ3) is 2.53. The number of fused-ring (bicyclic) bond motifs is 1. The van der Waals surface area contributed by atoms with Crippen molar-refractivity contribution < 1.29 is 4.74 Å². The Morgan fingerprint density at radius 1 is 1.50 bits per heavy atom. The Labute approximate surface area is 102 Å². The summed E-state index contributed by atoms with van der Waals surface area (Å²) in [5.41, 5.74) is 1.41. The molecule has 2 nitrogen and oxygen atoms in total. The van der Waals surface area contributed by atoms with E-state index in [1.165, 1.54) is 23.3 Å². The zero-order valence-electron chi connectivity index (χ0n) is 9.95. The van der Waals surface area contributed by atoms with E-state index in [4.69, 9.17) is 4.74 Å². The molecular weight excluding hydrogens is 218 g/mol. The zero-order chi connectivity index (χ0) is 11.4. The highest BCUT2D eigenvalue weighted by Gasteiger charge is 2.24. The van der Waals surface area contributed by atoms with Gasteiger partial charge in [-0.15, -0.1) is 11.8 Å². The number of hydrogen-bond acceptors (Lipinski definition) is 3. The Bertz CT molecular complexity index is 354. The summed E-state index contributed by atoms with van der Waals surface area (Å²) in [7, 11) is 3.77. The highest BCUT2D eigenvalue weighted by atomic mass is 32.2. The molecule has 0 fully saturated rings. The second-order valence-electron chi connectivity index (χ2n) is 4.13. The molecule has 1 N–H and O–H groups in total. The lowest BCUT2D eigenvalue weighted by molar-refractivity contribution is 0.408. The molecule has 2 rings (SSSR count). The summed E-state index contributed by atoms with van der Waals surface area (Å²) in [5.74, 6) is 1.06. The fourth-order valence-corrected chi connectivity index (χ4v) is 3.54. The van der Waals surface area contributed by atoms with Crippen LogP contribution < -0.4 is 10.1 Å². The van der Waals surface area contributed by atoms with Gasteiger partial charge in [-0.05, 0) is 45.0 Å². The van der Waals surface area contributed by atoms with E-state index >= 15 is 0 Å². The van der Waals surface area contributed by atoms with Crippen LogP contribution in [0.5, 0.6) is 5.75 Å². The second-order valence-corrected chi connectivity index (χ2v) is 5.47. The highest BCUT2D eigenvalue weighted by molar-refractivity contribution is 8.00. The molecule has 1 aliphatic rings. The van der Waals surface area contributed by atoms with E-state index in [1.54, 1.807) is 7.11 Å². The largest absolute Gasteiger partial charge is 0.496 e. The number of hydrogen-bond donors (Lipinski definition) is 1. The van der Waals surface area contributed by atoms with E-state index < -0.39 is 0 Å². The summed E-state index contributed by atoms with van der Waals surface area (Å²) in [4.78, 5) is 1.41. The summed E-state index contributed by atoms with van der Waals surface area (Å²) < 4.78 is 5.41. The van der Waals surface area contributed by atoms with E-state index in [9.17, 15) is 0 Å². The van der Waals surface area contributed by atoms with E-state index in [0.29, 0.717) is 0 Å². The molecule has 0 saturated carbocycles. The van der Waals surface area contributed by atoms with Gasteiger partial charge in [0.15, 0.2) is 0 Å². The van der Waals surface area contributed by atoms with Crippen molar-refractivity contribution in [2.45, 2.75) is 29.4 Å². The molecule has 16 heavy (non-hydrogen) atoms. The van der Waals surface area contributed by atoms with Gasteiger partial charge in [0.25, 0.3) is 0 Å². The monoisotopic (exact) mass is 237 g/mol. The predicted octanol–water partition coefficient (Wildman–Crippen LogP) is 2.71. The third-order valence-electron chi connectivity index (χ3n) is 2.99. The second kappa shape index (κ2) is 5.60. The number of nitrogens with one attached hydrogen (secondary N) is 1. The van der Waals surface area contributed by atoms with Crippen LogP contribution in [0.2, 0.25) is 0 Å². The summed E-state index contributed by atoms with van der Waals surface area (Å²) in [5, 5.41) is 3.94. The van der Waals surface area contributed by atoms with Crippen molar-refractivity contribution >= 4 is 11.8 Å². The first-order chi connectivity index (χ1) is 7.85. The number of thioether (sulfide) groups is 1. The van der Waals surface area contributed by atoms with Crippen molar-refractivity contribution in [3.8, 4) is 5.75 Å². The average Bonchev–Trinajstić information content (AvgIpc) is 2.71. The van der Waals surface area contributed by atoms with Crippen LogP contribution in [0.3, 0.4) is 0 Å². The van der Waals surface area contributed by atoms with Crippen LogP contribution in [0.25, 0.3) is 0 Å². The van der Waals surface area contributed by atoms with Gasteiger partial charge in [-0.3, -0.25) is 0 Å². The molecule has 1 unspecified atom stereocenters. The van der Waals surface area contributed by atoms with Crippen molar-refractivity contribution in [3.05, 3.63) is 23.8 Å². The minimum Gasteiger partial charge on any atom is -0.496 e. The first-order valence-corrected chi connectivity index (χ1v) is 6.70. The van der Waals surface area contributed by atoms with Gasteiger partial charge in [0, 0.05) is 15.7 Å². The van der Waals surface area contributed by atoms with Gasteiger partial charge in [0.05, 0.1) is 7.11 Å². The van der Waals surface area contributed by atoms with Crippen molar-refractivity contribution in [3.63, 3.8) is 0 Å². The number of ether oxygens (including phenoxy) is 1. The molecule has 0 aromatic heterocycles. The summed E-state index contributed by atoms with van der Waals surface area (Å²) in [6.07, 6.45) is 3.70. The average molecular weight is 237 g/mol. The van der Waals surface area contributed by atoms with Crippen molar-refractivity contribution in [2.24, 2.45) is 0 Å². The zero-order valence-corrected chi connectivity index (χ0v) is 10.8. The van der Waals surface area contributed by atoms with Crippen LogP contribution >= 0.6 is 11.8 Å². The Morgan fingerprint density at radius 2 is 2.38 bits per heavy atom. The minimum absolute atomic E-state index is 0.736. The molecule has 0 bridgehead atoms. The number of benzene rings is 1. The maximum atomic E-state index is 5.41. The van der Waals surface area contributed by atoms with Gasteiger partial charge in [0.1, 0.15) is 5.75 Å². The SMILES string of the molecule is CNCCCC1Cc2c(OC)cccc2S1. The molecule has 0 radical (unpaired) electrons. The lowest BCUT2D eigenvalue weighted by Crippen LogP contribution is -2.10. The van der Waals surface area contributed by atoms with Crippen LogP contribution in [-0.2, 0) is 6.42 Å².